The van der Waals surface area contributed by atoms with Crippen molar-refractivity contribution < 1.29 is 4.79 Å². The maximum atomic E-state index is 12.1. The van der Waals surface area contributed by atoms with E-state index < -0.39 is 0 Å². The minimum absolute atomic E-state index is 0.0711. The number of amides is 1. The van der Waals surface area contributed by atoms with E-state index in [1.807, 2.05) is 0 Å². The summed E-state index contributed by atoms with van der Waals surface area (Å²) < 4.78 is 0. The van der Waals surface area contributed by atoms with Gasteiger partial charge in [0.25, 0.3) is 0 Å². The third kappa shape index (κ3) is 2.90. The molecule has 1 aromatic rings. The molecule has 1 N–H and O–H groups in total. The summed E-state index contributed by atoms with van der Waals surface area (Å²) in [6.07, 6.45) is 5.86. The second-order valence-corrected chi connectivity index (χ2v) is 6.66. The van der Waals surface area contributed by atoms with Crippen LogP contribution < -0.4 is 5.32 Å². The summed E-state index contributed by atoms with van der Waals surface area (Å²) in [5.41, 5.74) is 0.652. The largest absolute Gasteiger partial charge is 0.325 e. The van der Waals surface area contributed by atoms with Gasteiger partial charge < -0.3 is 5.32 Å². The number of nitrogens with one attached hydrogen (secondary N) is 1. The standard InChI is InChI=1S/C15H17Cl2NO/c16-12-3-4-14(13(17)8-12)18-15(19)7-11-6-9-1-2-10(11)5-9/h3-4,8-11H,1-2,5-7H2,(H,18,19)/t9-,10-,11-/m1/s1. The molecule has 2 aliphatic carbocycles. The number of halogens is 2. The van der Waals surface area contributed by atoms with Crippen LogP contribution >= 0.6 is 23.2 Å². The summed E-state index contributed by atoms with van der Waals surface area (Å²) >= 11 is 11.9. The average molecular weight is 298 g/mol. The van der Waals surface area contributed by atoms with Crippen LogP contribution in [0.4, 0.5) is 5.69 Å². The number of hydrogen-bond acceptors (Lipinski definition) is 1. The van der Waals surface area contributed by atoms with Crippen LogP contribution in [0.3, 0.4) is 0 Å². The highest BCUT2D eigenvalue weighted by Crippen LogP contribution is 2.49. The van der Waals surface area contributed by atoms with Gasteiger partial charge in [0.1, 0.15) is 0 Å². The van der Waals surface area contributed by atoms with Crippen molar-refractivity contribution in [3.8, 4) is 0 Å². The van der Waals surface area contributed by atoms with Crippen LogP contribution in [0.25, 0.3) is 0 Å². The van der Waals surface area contributed by atoms with E-state index in [9.17, 15) is 4.79 Å². The Morgan fingerprint density at radius 2 is 2.11 bits per heavy atom. The molecule has 2 bridgehead atoms. The highest BCUT2D eigenvalue weighted by atomic mass is 35.5. The van der Waals surface area contributed by atoms with Gasteiger partial charge in [-0.25, -0.2) is 0 Å². The molecule has 0 unspecified atom stereocenters. The lowest BCUT2D eigenvalue weighted by Gasteiger charge is -2.21. The number of anilines is 1. The first-order valence-electron chi connectivity index (χ1n) is 6.86. The molecule has 1 aromatic carbocycles. The number of rotatable bonds is 3. The number of benzene rings is 1. The fourth-order valence-corrected chi connectivity index (χ4v) is 4.11. The Hall–Kier alpha value is -0.730. The van der Waals surface area contributed by atoms with Crippen molar-refractivity contribution in [3.63, 3.8) is 0 Å². The van der Waals surface area contributed by atoms with Gasteiger partial charge in [-0.3, -0.25) is 4.79 Å². The van der Waals surface area contributed by atoms with E-state index in [0.717, 1.165) is 11.8 Å². The predicted molar refractivity (Wildman–Crippen MR) is 78.6 cm³/mol. The molecule has 102 valence electrons. The zero-order valence-corrected chi connectivity index (χ0v) is 12.2. The van der Waals surface area contributed by atoms with E-state index in [4.69, 9.17) is 23.2 Å². The molecule has 2 fully saturated rings. The van der Waals surface area contributed by atoms with Crippen molar-refractivity contribution in [2.75, 3.05) is 5.32 Å². The quantitative estimate of drug-likeness (QED) is 0.856. The van der Waals surface area contributed by atoms with Gasteiger partial charge in [0.05, 0.1) is 10.7 Å². The van der Waals surface area contributed by atoms with E-state index in [-0.39, 0.29) is 5.91 Å². The lowest BCUT2D eigenvalue weighted by Crippen LogP contribution is -2.20. The first kappa shape index (κ1) is 13.3. The Labute approximate surface area is 123 Å². The molecular weight excluding hydrogens is 281 g/mol. The molecule has 0 saturated heterocycles. The molecule has 0 aliphatic heterocycles. The second-order valence-electron chi connectivity index (χ2n) is 5.81. The van der Waals surface area contributed by atoms with Gasteiger partial charge in [0.15, 0.2) is 0 Å². The fraction of sp³-hybridized carbons (Fsp3) is 0.533. The average Bonchev–Trinajstić information content (AvgIpc) is 2.95. The van der Waals surface area contributed by atoms with Crippen molar-refractivity contribution in [1.29, 1.82) is 0 Å². The van der Waals surface area contributed by atoms with E-state index in [1.54, 1.807) is 18.2 Å². The number of fused-ring (bicyclic) bond motifs is 2. The summed E-state index contributed by atoms with van der Waals surface area (Å²) in [5, 5.41) is 3.97. The molecule has 0 spiro atoms. The Morgan fingerprint density at radius 1 is 1.26 bits per heavy atom. The van der Waals surface area contributed by atoms with Crippen LogP contribution in [-0.2, 0) is 4.79 Å². The molecule has 0 radical (unpaired) electrons. The topological polar surface area (TPSA) is 29.1 Å². The minimum Gasteiger partial charge on any atom is -0.325 e. The van der Waals surface area contributed by atoms with Gasteiger partial charge in [-0.2, -0.15) is 0 Å². The summed E-state index contributed by atoms with van der Waals surface area (Å²) in [6, 6.07) is 5.14. The summed E-state index contributed by atoms with van der Waals surface area (Å²) in [4.78, 5) is 12.1. The molecule has 0 heterocycles. The van der Waals surface area contributed by atoms with Gasteiger partial charge in [-0.05, 0) is 55.2 Å². The van der Waals surface area contributed by atoms with Crippen LogP contribution in [0.2, 0.25) is 10.0 Å². The molecule has 4 heteroatoms. The molecule has 0 aromatic heterocycles. The smallest absolute Gasteiger partial charge is 0.224 e. The van der Waals surface area contributed by atoms with E-state index in [2.05, 4.69) is 5.32 Å². The Morgan fingerprint density at radius 3 is 2.74 bits per heavy atom. The molecule has 2 aliphatic rings. The molecule has 2 nitrogen and oxygen atoms in total. The molecule has 1 amide bonds. The van der Waals surface area contributed by atoms with Gasteiger partial charge in [0.2, 0.25) is 5.91 Å². The van der Waals surface area contributed by atoms with Crippen LogP contribution in [0, 0.1) is 17.8 Å². The van der Waals surface area contributed by atoms with Crippen molar-refractivity contribution in [3.05, 3.63) is 28.2 Å². The third-order valence-electron chi connectivity index (χ3n) is 4.54. The Balaban J connectivity index is 1.59. The molecule has 3 atom stereocenters. The van der Waals surface area contributed by atoms with E-state index in [0.29, 0.717) is 28.1 Å². The van der Waals surface area contributed by atoms with Gasteiger partial charge >= 0.3 is 0 Å². The number of carbonyl (C=O) groups is 1. The first-order valence-corrected chi connectivity index (χ1v) is 7.62. The minimum atomic E-state index is 0.0711. The van der Waals surface area contributed by atoms with E-state index in [1.165, 1.54) is 25.7 Å². The number of hydrogen-bond donors (Lipinski definition) is 1. The van der Waals surface area contributed by atoms with Crippen LogP contribution in [-0.4, -0.2) is 5.91 Å². The van der Waals surface area contributed by atoms with Crippen molar-refractivity contribution in [1.82, 2.24) is 0 Å². The Kier molecular flexibility index (Phi) is 3.72. The monoisotopic (exact) mass is 297 g/mol. The lowest BCUT2D eigenvalue weighted by molar-refractivity contribution is -0.117. The second kappa shape index (κ2) is 5.34. The normalized spacial score (nSPS) is 28.6. The maximum Gasteiger partial charge on any atom is 0.224 e. The SMILES string of the molecule is O=C(C[C@H]1C[C@@H]2CC[C@@H]1C2)Nc1ccc(Cl)cc1Cl. The number of carbonyl (C=O) groups excluding carboxylic acids is 1. The third-order valence-corrected chi connectivity index (χ3v) is 5.09. The maximum absolute atomic E-state index is 12.1. The summed E-state index contributed by atoms with van der Waals surface area (Å²) in [6.45, 7) is 0. The molecule has 2 saturated carbocycles. The first-order chi connectivity index (χ1) is 9.11. The van der Waals surface area contributed by atoms with Gasteiger partial charge in [-0.15, -0.1) is 0 Å². The van der Waals surface area contributed by atoms with Gasteiger partial charge in [0, 0.05) is 11.4 Å². The van der Waals surface area contributed by atoms with Crippen molar-refractivity contribution >= 4 is 34.8 Å². The molecular formula is C15H17Cl2NO. The molecule has 19 heavy (non-hydrogen) atoms. The Bertz CT molecular complexity index is 503. The zero-order valence-electron chi connectivity index (χ0n) is 10.7. The van der Waals surface area contributed by atoms with Crippen LogP contribution in [0.1, 0.15) is 32.1 Å². The van der Waals surface area contributed by atoms with E-state index >= 15 is 0 Å². The predicted octanol–water partition coefficient (Wildman–Crippen LogP) is 4.76. The lowest BCUT2D eigenvalue weighted by atomic mass is 9.86. The summed E-state index contributed by atoms with van der Waals surface area (Å²) in [7, 11) is 0. The zero-order chi connectivity index (χ0) is 13.4. The summed E-state index contributed by atoms with van der Waals surface area (Å²) in [5.74, 6) is 2.30. The van der Waals surface area contributed by atoms with Gasteiger partial charge in [-0.1, -0.05) is 29.6 Å². The van der Waals surface area contributed by atoms with Crippen LogP contribution in [0.15, 0.2) is 18.2 Å². The highest BCUT2D eigenvalue weighted by molar-refractivity contribution is 6.36. The van der Waals surface area contributed by atoms with Crippen molar-refractivity contribution in [2.45, 2.75) is 32.1 Å². The highest BCUT2D eigenvalue weighted by Gasteiger charge is 2.40. The van der Waals surface area contributed by atoms with Crippen molar-refractivity contribution in [2.24, 2.45) is 17.8 Å². The van der Waals surface area contributed by atoms with Crippen LogP contribution in [0.5, 0.6) is 0 Å². The molecule has 3 rings (SSSR count). The fourth-order valence-electron chi connectivity index (χ4n) is 3.66.